The van der Waals surface area contributed by atoms with Crippen LogP contribution in [-0.2, 0) is 10.0 Å². The maximum absolute atomic E-state index is 11.9. The molecule has 5 rings (SSSR count). The van der Waals surface area contributed by atoms with E-state index in [9.17, 15) is 8.42 Å². The summed E-state index contributed by atoms with van der Waals surface area (Å²) in [5.41, 5.74) is 5.21. The van der Waals surface area contributed by atoms with Crippen molar-refractivity contribution in [2.75, 3.05) is 23.0 Å². The van der Waals surface area contributed by atoms with Gasteiger partial charge in [-0.15, -0.1) is 0 Å². The first kappa shape index (κ1) is 24.8. The van der Waals surface area contributed by atoms with Crippen LogP contribution < -0.4 is 19.7 Å². The molecule has 0 amide bonds. The van der Waals surface area contributed by atoms with Gasteiger partial charge in [-0.2, -0.15) is 0 Å². The third kappa shape index (κ3) is 4.90. The van der Waals surface area contributed by atoms with Crippen molar-refractivity contribution in [1.29, 1.82) is 0 Å². The van der Waals surface area contributed by atoms with Crippen LogP contribution in [0, 0.1) is 6.92 Å². The molecule has 1 aliphatic rings. The monoisotopic (exact) mass is 533 g/mol. The number of aryl methyl sites for hydroxylation is 1. The number of anilines is 2. The number of nitrogens with zero attached hydrogens (tertiary/aromatic N) is 3. The van der Waals surface area contributed by atoms with Crippen molar-refractivity contribution in [1.82, 2.24) is 14.9 Å². The number of benzene rings is 2. The number of nitrogens with one attached hydrogen (secondary N) is 2. The highest BCUT2D eigenvalue weighted by Gasteiger charge is 2.42. The van der Waals surface area contributed by atoms with E-state index >= 15 is 0 Å². The summed E-state index contributed by atoms with van der Waals surface area (Å²) < 4.78 is 33.9. The molecule has 1 fully saturated rings. The lowest BCUT2D eigenvalue weighted by Gasteiger charge is -2.29. The first-order chi connectivity index (χ1) is 17.8. The maximum atomic E-state index is 11.9. The highest BCUT2D eigenvalue weighted by atomic mass is 32.2. The molecule has 2 aromatic heterocycles. The second kappa shape index (κ2) is 9.87. The SMILES string of the molecule is COc1cc(N2C(=S)N[C@H](c3ccccn3)[C@@H]2c2cccn2-c2ccccc2C)ccc1NS(C)(=O)=O. The van der Waals surface area contributed by atoms with Crippen LogP contribution >= 0.6 is 12.2 Å². The molecule has 3 heterocycles. The minimum Gasteiger partial charge on any atom is -0.494 e. The lowest BCUT2D eigenvalue weighted by molar-refractivity contribution is 0.417. The molecule has 2 aromatic carbocycles. The van der Waals surface area contributed by atoms with Crippen molar-refractivity contribution in [3.8, 4) is 11.4 Å². The van der Waals surface area contributed by atoms with Gasteiger partial charge in [0.15, 0.2) is 5.11 Å². The van der Waals surface area contributed by atoms with Gasteiger partial charge < -0.3 is 19.5 Å². The smallest absolute Gasteiger partial charge is 0.229 e. The molecule has 2 N–H and O–H groups in total. The van der Waals surface area contributed by atoms with Gasteiger partial charge in [-0.1, -0.05) is 24.3 Å². The van der Waals surface area contributed by atoms with Gasteiger partial charge in [0.2, 0.25) is 10.0 Å². The number of aromatic nitrogens is 2. The lowest BCUT2D eigenvalue weighted by Crippen LogP contribution is -2.30. The molecule has 8 nitrogen and oxygen atoms in total. The van der Waals surface area contributed by atoms with Gasteiger partial charge in [-0.25, -0.2) is 8.42 Å². The van der Waals surface area contributed by atoms with Crippen molar-refractivity contribution in [2.45, 2.75) is 19.0 Å². The molecule has 190 valence electrons. The Hall–Kier alpha value is -3.89. The van der Waals surface area contributed by atoms with E-state index in [1.165, 1.54) is 7.11 Å². The first-order valence-corrected chi connectivity index (χ1v) is 14.0. The van der Waals surface area contributed by atoms with Crippen LogP contribution in [0.2, 0.25) is 0 Å². The maximum Gasteiger partial charge on any atom is 0.229 e. The van der Waals surface area contributed by atoms with Crippen LogP contribution in [0.5, 0.6) is 5.75 Å². The summed E-state index contributed by atoms with van der Waals surface area (Å²) in [6.45, 7) is 2.09. The van der Waals surface area contributed by atoms with E-state index in [1.54, 1.807) is 18.3 Å². The molecule has 0 unspecified atom stereocenters. The van der Waals surface area contributed by atoms with Gasteiger partial charge in [-0.3, -0.25) is 9.71 Å². The van der Waals surface area contributed by atoms with E-state index in [0.29, 0.717) is 16.5 Å². The summed E-state index contributed by atoms with van der Waals surface area (Å²) in [5, 5.41) is 4.00. The van der Waals surface area contributed by atoms with Crippen LogP contribution in [0.3, 0.4) is 0 Å². The highest BCUT2D eigenvalue weighted by molar-refractivity contribution is 7.92. The summed E-state index contributed by atoms with van der Waals surface area (Å²) in [6, 6.07) is 23.0. The zero-order valence-corrected chi connectivity index (χ0v) is 22.3. The molecule has 1 aliphatic heterocycles. The van der Waals surface area contributed by atoms with Crippen LogP contribution in [-0.4, -0.2) is 36.4 Å². The summed E-state index contributed by atoms with van der Waals surface area (Å²) in [5.74, 6) is 0.389. The second-order valence-corrected chi connectivity index (χ2v) is 11.0. The van der Waals surface area contributed by atoms with Crippen molar-refractivity contribution in [2.24, 2.45) is 0 Å². The van der Waals surface area contributed by atoms with Crippen molar-refractivity contribution >= 4 is 38.7 Å². The van der Waals surface area contributed by atoms with Crippen LogP contribution in [0.1, 0.15) is 29.0 Å². The van der Waals surface area contributed by atoms with Crippen LogP contribution in [0.4, 0.5) is 11.4 Å². The van der Waals surface area contributed by atoms with Gasteiger partial charge in [-0.05, 0) is 67.2 Å². The molecule has 37 heavy (non-hydrogen) atoms. The molecule has 0 spiro atoms. The first-order valence-electron chi connectivity index (χ1n) is 11.7. The summed E-state index contributed by atoms with van der Waals surface area (Å²) in [4.78, 5) is 6.67. The zero-order chi connectivity index (χ0) is 26.2. The van der Waals surface area contributed by atoms with Gasteiger partial charge in [0.25, 0.3) is 0 Å². The van der Waals surface area contributed by atoms with Gasteiger partial charge in [0.05, 0.1) is 30.8 Å². The number of rotatable bonds is 7. The predicted octanol–water partition coefficient (Wildman–Crippen LogP) is 4.74. The third-order valence-corrected chi connectivity index (χ3v) is 7.22. The fourth-order valence-electron chi connectivity index (χ4n) is 4.74. The van der Waals surface area contributed by atoms with E-state index in [4.69, 9.17) is 17.0 Å². The van der Waals surface area contributed by atoms with Crippen LogP contribution in [0.15, 0.2) is 85.2 Å². The minimum atomic E-state index is -3.48. The third-order valence-electron chi connectivity index (χ3n) is 6.32. The van der Waals surface area contributed by atoms with Crippen molar-refractivity contribution in [3.05, 3.63) is 102 Å². The number of hydrogen-bond acceptors (Lipinski definition) is 5. The number of hydrogen-bond donors (Lipinski definition) is 2. The van der Waals surface area contributed by atoms with Gasteiger partial charge in [0.1, 0.15) is 11.8 Å². The van der Waals surface area contributed by atoms with Gasteiger partial charge in [0, 0.05) is 35.5 Å². The standard InChI is InChI=1S/C27H27N5O3S2/c1-18-9-4-5-11-22(18)31-16-8-12-23(31)26-25(21-10-6-7-15-28-21)29-27(36)32(26)19-13-14-20(24(17-19)35-2)30-37(3,33)34/h4-17,25-26,30H,1-3H3,(H,29,36)/t25-,26+/m1/s1. The Labute approximate surface area is 222 Å². The molecular weight excluding hydrogens is 506 g/mol. The molecule has 2 atom stereocenters. The second-order valence-electron chi connectivity index (χ2n) is 8.84. The highest BCUT2D eigenvalue weighted by Crippen LogP contribution is 2.44. The van der Waals surface area contributed by atoms with Gasteiger partial charge >= 0.3 is 0 Å². The summed E-state index contributed by atoms with van der Waals surface area (Å²) in [7, 11) is -1.97. The fourth-order valence-corrected chi connectivity index (χ4v) is 5.65. The number of pyridine rings is 1. The van der Waals surface area contributed by atoms with Crippen molar-refractivity contribution in [3.63, 3.8) is 0 Å². The van der Waals surface area contributed by atoms with E-state index in [-0.39, 0.29) is 12.1 Å². The quantitative estimate of drug-likeness (QED) is 0.332. The van der Waals surface area contributed by atoms with Crippen molar-refractivity contribution < 1.29 is 13.2 Å². The number of methoxy groups -OCH3 is 1. The average molecular weight is 534 g/mol. The Morgan fingerprint density at radius 1 is 1.05 bits per heavy atom. The van der Waals surface area contributed by atoms with E-state index < -0.39 is 10.0 Å². The van der Waals surface area contributed by atoms with Crippen LogP contribution in [0.25, 0.3) is 5.69 Å². The lowest BCUT2D eigenvalue weighted by atomic mass is 10.0. The summed E-state index contributed by atoms with van der Waals surface area (Å²) >= 11 is 5.86. The Kier molecular flexibility index (Phi) is 6.61. The molecular formula is C27H27N5O3S2. The fraction of sp³-hybridized carbons (Fsp3) is 0.185. The number of para-hydroxylation sites is 1. The molecule has 0 bridgehead atoms. The number of thiocarbonyl (C=S) groups is 1. The topological polar surface area (TPSA) is 88.5 Å². The molecule has 0 aliphatic carbocycles. The largest absolute Gasteiger partial charge is 0.494 e. The Morgan fingerprint density at radius 2 is 1.84 bits per heavy atom. The Balaban J connectivity index is 1.66. The summed E-state index contributed by atoms with van der Waals surface area (Å²) in [6.07, 6.45) is 4.92. The Bertz CT molecular complexity index is 1550. The number of sulfonamides is 1. The minimum absolute atomic E-state index is 0.230. The molecule has 1 saturated heterocycles. The normalized spacial score (nSPS) is 17.5. The zero-order valence-electron chi connectivity index (χ0n) is 20.6. The molecule has 4 aromatic rings. The van der Waals surface area contributed by atoms with E-state index in [1.807, 2.05) is 53.6 Å². The molecule has 0 radical (unpaired) electrons. The van der Waals surface area contributed by atoms with E-state index in [0.717, 1.165) is 34.6 Å². The molecule has 10 heteroatoms. The molecule has 0 saturated carbocycles. The Morgan fingerprint density at radius 3 is 2.54 bits per heavy atom. The van der Waals surface area contributed by atoms with E-state index in [2.05, 4.69) is 44.7 Å². The average Bonchev–Trinajstić information content (AvgIpc) is 3.48. The predicted molar refractivity (Wildman–Crippen MR) is 150 cm³/mol. The number of ether oxygens (including phenoxy) is 1.